The number of benzene rings is 1. The molecule has 90 valence electrons. The lowest BCUT2D eigenvalue weighted by molar-refractivity contribution is 0.325. The van der Waals surface area contributed by atoms with Gasteiger partial charge in [-0.1, -0.05) is 41.1 Å². The van der Waals surface area contributed by atoms with E-state index >= 15 is 0 Å². The largest absolute Gasteiger partial charge is 0.316 e. The summed E-state index contributed by atoms with van der Waals surface area (Å²) in [7, 11) is 2.16. The number of halogens is 1. The first kappa shape index (κ1) is 13.7. The Morgan fingerprint density at radius 3 is 2.81 bits per heavy atom. The molecule has 0 saturated heterocycles. The zero-order chi connectivity index (χ0) is 12.0. The Morgan fingerprint density at radius 2 is 2.12 bits per heavy atom. The van der Waals surface area contributed by atoms with Gasteiger partial charge in [-0.15, -0.1) is 0 Å². The Hall–Kier alpha value is -0.380. The van der Waals surface area contributed by atoms with E-state index in [0.717, 1.165) is 26.2 Å². The molecule has 1 N–H and O–H groups in total. The first-order valence-corrected chi connectivity index (χ1v) is 6.57. The van der Waals surface area contributed by atoms with Crippen molar-refractivity contribution >= 4 is 15.9 Å². The number of nitrogens with zero attached hydrogens (tertiary/aromatic N) is 1. The fourth-order valence-corrected chi connectivity index (χ4v) is 2.04. The fraction of sp³-hybridized carbons (Fsp3) is 0.538. The molecule has 0 spiro atoms. The van der Waals surface area contributed by atoms with Gasteiger partial charge in [-0.2, -0.15) is 0 Å². The second kappa shape index (κ2) is 7.05. The molecular weight excluding hydrogens is 264 g/mol. The maximum Gasteiger partial charge on any atom is 0.0249 e. The van der Waals surface area contributed by atoms with Crippen LogP contribution in [0.4, 0.5) is 0 Å². The van der Waals surface area contributed by atoms with E-state index in [4.69, 9.17) is 0 Å². The molecule has 0 atom stereocenters. The number of aryl methyl sites for hydroxylation is 1. The van der Waals surface area contributed by atoms with Crippen LogP contribution >= 0.6 is 15.9 Å². The molecule has 0 unspecified atom stereocenters. The maximum absolute atomic E-state index is 3.65. The minimum absolute atomic E-state index is 0.994. The zero-order valence-corrected chi connectivity index (χ0v) is 12.0. The Kier molecular flexibility index (Phi) is 6.03. The molecule has 0 aliphatic carbocycles. The lowest BCUT2D eigenvalue weighted by Crippen LogP contribution is -2.28. The van der Waals surface area contributed by atoms with Gasteiger partial charge in [0.05, 0.1) is 0 Å². The average molecular weight is 285 g/mol. The van der Waals surface area contributed by atoms with Crippen molar-refractivity contribution in [1.29, 1.82) is 0 Å². The van der Waals surface area contributed by atoms with Gasteiger partial charge in [-0.25, -0.2) is 0 Å². The van der Waals surface area contributed by atoms with Crippen LogP contribution in [-0.2, 0) is 6.54 Å². The highest BCUT2D eigenvalue weighted by Crippen LogP contribution is 2.21. The van der Waals surface area contributed by atoms with E-state index in [1.54, 1.807) is 0 Å². The van der Waals surface area contributed by atoms with Crippen LogP contribution in [-0.4, -0.2) is 31.6 Å². The third-order valence-corrected chi connectivity index (χ3v) is 3.77. The van der Waals surface area contributed by atoms with E-state index in [1.165, 1.54) is 15.6 Å². The standard InChI is InChI=1S/C13H21BrN2/c1-4-15-8-9-16(3)10-12-7-5-6-11(2)13(12)14/h5-7,15H,4,8-10H2,1-3H3. The van der Waals surface area contributed by atoms with Gasteiger partial charge in [0.15, 0.2) is 0 Å². The first-order chi connectivity index (χ1) is 7.65. The van der Waals surface area contributed by atoms with Crippen molar-refractivity contribution in [3.63, 3.8) is 0 Å². The summed E-state index contributed by atoms with van der Waals surface area (Å²) in [4.78, 5) is 2.34. The Morgan fingerprint density at radius 1 is 1.38 bits per heavy atom. The zero-order valence-electron chi connectivity index (χ0n) is 10.4. The number of hydrogen-bond acceptors (Lipinski definition) is 2. The number of rotatable bonds is 6. The summed E-state index contributed by atoms with van der Waals surface area (Å²) < 4.78 is 1.24. The molecule has 0 amide bonds. The van der Waals surface area contributed by atoms with Crippen LogP contribution in [0.25, 0.3) is 0 Å². The second-order valence-corrected chi connectivity index (χ2v) is 4.93. The van der Waals surface area contributed by atoms with E-state index in [1.807, 2.05) is 0 Å². The monoisotopic (exact) mass is 284 g/mol. The predicted octanol–water partition coefficient (Wildman–Crippen LogP) is 2.80. The summed E-state index contributed by atoms with van der Waals surface area (Å²) in [6, 6.07) is 6.43. The van der Waals surface area contributed by atoms with Gasteiger partial charge in [0.25, 0.3) is 0 Å². The van der Waals surface area contributed by atoms with E-state index < -0.39 is 0 Å². The van der Waals surface area contributed by atoms with E-state index in [0.29, 0.717) is 0 Å². The minimum atomic E-state index is 0.994. The third kappa shape index (κ3) is 4.24. The summed E-state index contributed by atoms with van der Waals surface area (Å²) in [6.45, 7) is 8.43. The maximum atomic E-state index is 3.65. The normalized spacial score (nSPS) is 11.1. The molecule has 0 saturated carbocycles. The molecule has 0 aromatic heterocycles. The molecule has 1 rings (SSSR count). The van der Waals surface area contributed by atoms with Crippen LogP contribution in [0, 0.1) is 6.92 Å². The summed E-state index contributed by atoms with van der Waals surface area (Å²) in [5, 5.41) is 3.34. The van der Waals surface area contributed by atoms with Crippen molar-refractivity contribution in [2.24, 2.45) is 0 Å². The number of nitrogens with one attached hydrogen (secondary N) is 1. The number of likely N-dealkylation sites (N-methyl/N-ethyl adjacent to an activating group) is 2. The Bertz CT molecular complexity index is 326. The average Bonchev–Trinajstić information content (AvgIpc) is 2.25. The predicted molar refractivity (Wildman–Crippen MR) is 73.8 cm³/mol. The fourth-order valence-electron chi connectivity index (χ4n) is 1.65. The van der Waals surface area contributed by atoms with Crippen molar-refractivity contribution in [3.05, 3.63) is 33.8 Å². The van der Waals surface area contributed by atoms with Crippen LogP contribution < -0.4 is 5.32 Å². The molecule has 0 bridgehead atoms. The first-order valence-electron chi connectivity index (χ1n) is 5.78. The van der Waals surface area contributed by atoms with Crippen LogP contribution in [0.15, 0.2) is 22.7 Å². The molecule has 1 aromatic rings. The smallest absolute Gasteiger partial charge is 0.0249 e. The SMILES string of the molecule is CCNCCN(C)Cc1cccc(C)c1Br. The highest BCUT2D eigenvalue weighted by Gasteiger charge is 2.05. The Labute approximate surface area is 107 Å². The lowest BCUT2D eigenvalue weighted by atomic mass is 10.1. The van der Waals surface area contributed by atoms with Gasteiger partial charge in [0.1, 0.15) is 0 Å². The third-order valence-electron chi connectivity index (χ3n) is 2.63. The molecular formula is C13H21BrN2. The Balaban J connectivity index is 2.49. The topological polar surface area (TPSA) is 15.3 Å². The van der Waals surface area contributed by atoms with Gasteiger partial charge in [0, 0.05) is 24.1 Å². The quantitative estimate of drug-likeness (QED) is 0.809. The van der Waals surface area contributed by atoms with Crippen molar-refractivity contribution in [1.82, 2.24) is 10.2 Å². The molecule has 1 aromatic carbocycles. The van der Waals surface area contributed by atoms with Crippen LogP contribution in [0.1, 0.15) is 18.1 Å². The van der Waals surface area contributed by atoms with E-state index in [-0.39, 0.29) is 0 Å². The van der Waals surface area contributed by atoms with Gasteiger partial charge in [0.2, 0.25) is 0 Å². The van der Waals surface area contributed by atoms with Crippen LogP contribution in [0.5, 0.6) is 0 Å². The van der Waals surface area contributed by atoms with Gasteiger partial charge in [-0.05, 0) is 31.6 Å². The number of hydrogen-bond donors (Lipinski definition) is 1. The minimum Gasteiger partial charge on any atom is -0.316 e. The van der Waals surface area contributed by atoms with Crippen LogP contribution in [0.3, 0.4) is 0 Å². The summed E-state index contributed by atoms with van der Waals surface area (Å²) in [5.74, 6) is 0. The van der Waals surface area contributed by atoms with Gasteiger partial charge < -0.3 is 10.2 Å². The molecule has 0 aliphatic heterocycles. The highest BCUT2D eigenvalue weighted by molar-refractivity contribution is 9.10. The van der Waals surface area contributed by atoms with Gasteiger partial charge >= 0.3 is 0 Å². The van der Waals surface area contributed by atoms with Crippen molar-refractivity contribution in [2.45, 2.75) is 20.4 Å². The molecule has 0 aliphatic rings. The van der Waals surface area contributed by atoms with E-state index in [2.05, 4.69) is 65.2 Å². The van der Waals surface area contributed by atoms with Crippen LogP contribution in [0.2, 0.25) is 0 Å². The second-order valence-electron chi connectivity index (χ2n) is 4.14. The van der Waals surface area contributed by atoms with Crippen molar-refractivity contribution in [3.8, 4) is 0 Å². The molecule has 0 radical (unpaired) electrons. The molecule has 3 heteroatoms. The summed E-state index contributed by atoms with van der Waals surface area (Å²) >= 11 is 3.65. The highest BCUT2D eigenvalue weighted by atomic mass is 79.9. The summed E-state index contributed by atoms with van der Waals surface area (Å²) in [5.41, 5.74) is 2.66. The van der Waals surface area contributed by atoms with Crippen molar-refractivity contribution in [2.75, 3.05) is 26.7 Å². The lowest BCUT2D eigenvalue weighted by Gasteiger charge is -2.18. The molecule has 2 nitrogen and oxygen atoms in total. The van der Waals surface area contributed by atoms with Crippen molar-refractivity contribution < 1.29 is 0 Å². The van der Waals surface area contributed by atoms with Gasteiger partial charge in [-0.3, -0.25) is 0 Å². The summed E-state index contributed by atoms with van der Waals surface area (Å²) in [6.07, 6.45) is 0. The molecule has 0 fully saturated rings. The van der Waals surface area contributed by atoms with E-state index in [9.17, 15) is 0 Å². The molecule has 0 heterocycles. The molecule has 16 heavy (non-hydrogen) atoms.